The van der Waals surface area contributed by atoms with E-state index < -0.39 is 32.6 Å². The molecule has 0 bridgehead atoms. The Kier molecular flexibility index (Phi) is 8.20. The van der Waals surface area contributed by atoms with E-state index >= 15 is 0 Å². The Hall–Kier alpha value is -0.100. The van der Waals surface area contributed by atoms with E-state index in [4.69, 9.17) is 4.52 Å². The van der Waals surface area contributed by atoms with E-state index in [-0.39, 0.29) is 0 Å². The van der Waals surface area contributed by atoms with Gasteiger partial charge in [0, 0.05) is 0 Å². The summed E-state index contributed by atoms with van der Waals surface area (Å²) in [7, 11) is -4.54. The highest BCUT2D eigenvalue weighted by atomic mass is 31.2. The Balaban J connectivity index is 4.50. The van der Waals surface area contributed by atoms with Crippen molar-refractivity contribution in [3.63, 3.8) is 0 Å². The zero-order valence-electron chi connectivity index (χ0n) is 11.4. The number of halogens is 3. The first kappa shape index (κ1) is 18.9. The lowest BCUT2D eigenvalue weighted by Gasteiger charge is -2.30. The van der Waals surface area contributed by atoms with Crippen LogP contribution in [0.2, 0.25) is 0 Å². The Morgan fingerprint density at radius 3 is 2.05 bits per heavy atom. The highest BCUT2D eigenvalue weighted by molar-refractivity contribution is 7.47. The summed E-state index contributed by atoms with van der Waals surface area (Å²) in [4.78, 5) is 9.43. The zero-order valence-corrected chi connectivity index (χ0v) is 12.3. The molecule has 2 atom stereocenters. The second-order valence-electron chi connectivity index (χ2n) is 4.66. The molecule has 0 fully saturated rings. The van der Waals surface area contributed by atoms with Crippen LogP contribution in [0.3, 0.4) is 0 Å². The molecule has 19 heavy (non-hydrogen) atoms. The molecule has 0 aliphatic rings. The number of rotatable bonds is 10. The largest absolute Gasteiger partial charge is 0.472 e. The average Bonchev–Trinajstić information content (AvgIpc) is 2.25. The van der Waals surface area contributed by atoms with Gasteiger partial charge in [0.2, 0.25) is 0 Å². The Bertz CT molecular complexity index is 296. The molecular formula is C11H22F3O4P. The van der Waals surface area contributed by atoms with E-state index in [0.717, 1.165) is 12.8 Å². The maximum Gasteiger partial charge on any atom is 0.472 e. The van der Waals surface area contributed by atoms with Crippen LogP contribution in [0.1, 0.15) is 46.5 Å². The van der Waals surface area contributed by atoms with Gasteiger partial charge in [-0.2, -0.15) is 0 Å². The summed E-state index contributed by atoms with van der Waals surface area (Å²) < 4.78 is 57.3. The lowest BCUT2D eigenvalue weighted by molar-refractivity contribution is -0.00979. The average molecular weight is 306 g/mol. The van der Waals surface area contributed by atoms with E-state index in [1.54, 1.807) is 6.92 Å². The predicted molar refractivity (Wildman–Crippen MR) is 66.0 cm³/mol. The fourth-order valence-corrected chi connectivity index (χ4v) is 2.94. The monoisotopic (exact) mass is 306 g/mol. The van der Waals surface area contributed by atoms with Crippen LogP contribution < -0.4 is 0 Å². The molecular weight excluding hydrogens is 284 g/mol. The van der Waals surface area contributed by atoms with Crippen LogP contribution in [0.15, 0.2) is 0 Å². The summed E-state index contributed by atoms with van der Waals surface area (Å²) in [6.07, 6.45) is -3.38. The third-order valence-electron chi connectivity index (χ3n) is 2.56. The van der Waals surface area contributed by atoms with Gasteiger partial charge in [0.05, 0.1) is 12.2 Å². The maximum atomic E-state index is 12.6. The molecule has 4 nitrogen and oxygen atoms in total. The molecule has 0 saturated heterocycles. The molecule has 1 N–H and O–H groups in total. The van der Waals surface area contributed by atoms with Crippen molar-refractivity contribution in [2.24, 2.45) is 0 Å². The molecule has 0 aliphatic heterocycles. The van der Waals surface area contributed by atoms with Crippen LogP contribution in [0.5, 0.6) is 0 Å². The Morgan fingerprint density at radius 2 is 1.68 bits per heavy atom. The van der Waals surface area contributed by atoms with Crippen LogP contribution in [-0.4, -0.2) is 29.7 Å². The summed E-state index contributed by atoms with van der Waals surface area (Å²) >= 11 is 0. The standard InChI is InChI=1S/C11H22F3O4P/c1-4-6-11(3,7-5-2)18-19(15,16)17-8-9(12)10(13)14/h9-10H,4-8H2,1-3H3,(H,15,16). The molecule has 0 aromatic rings. The second-order valence-corrected chi connectivity index (χ2v) is 6.03. The van der Waals surface area contributed by atoms with Gasteiger partial charge in [-0.15, -0.1) is 0 Å². The minimum atomic E-state index is -4.54. The van der Waals surface area contributed by atoms with Gasteiger partial charge in [-0.05, 0) is 19.8 Å². The lowest BCUT2D eigenvalue weighted by atomic mass is 9.95. The quantitative estimate of drug-likeness (QED) is 0.618. The van der Waals surface area contributed by atoms with E-state index in [1.807, 2.05) is 13.8 Å². The van der Waals surface area contributed by atoms with Crippen molar-refractivity contribution in [3.8, 4) is 0 Å². The highest BCUT2D eigenvalue weighted by Gasteiger charge is 2.35. The smallest absolute Gasteiger partial charge is 0.302 e. The number of hydrogen-bond donors (Lipinski definition) is 1. The molecule has 8 heteroatoms. The van der Waals surface area contributed by atoms with Gasteiger partial charge in [0.15, 0.2) is 6.17 Å². The topological polar surface area (TPSA) is 55.8 Å². The first-order chi connectivity index (χ1) is 8.66. The van der Waals surface area contributed by atoms with Crippen LogP contribution in [0.4, 0.5) is 13.2 Å². The van der Waals surface area contributed by atoms with Crippen LogP contribution in [0, 0.1) is 0 Å². The third-order valence-corrected chi connectivity index (χ3v) is 3.71. The number of phosphoric acid groups is 1. The number of alkyl halides is 3. The second kappa shape index (κ2) is 8.25. The van der Waals surface area contributed by atoms with Gasteiger partial charge in [0.25, 0.3) is 6.43 Å². The van der Waals surface area contributed by atoms with Gasteiger partial charge in [0.1, 0.15) is 0 Å². The van der Waals surface area contributed by atoms with Gasteiger partial charge in [-0.3, -0.25) is 9.05 Å². The third kappa shape index (κ3) is 7.92. The van der Waals surface area contributed by atoms with Gasteiger partial charge in [-0.1, -0.05) is 26.7 Å². The molecule has 0 aromatic heterocycles. The number of phosphoric ester groups is 1. The molecule has 0 heterocycles. The first-order valence-electron chi connectivity index (χ1n) is 6.26. The van der Waals surface area contributed by atoms with Crippen molar-refractivity contribution in [1.82, 2.24) is 0 Å². The zero-order chi connectivity index (χ0) is 15.1. The van der Waals surface area contributed by atoms with Crippen LogP contribution >= 0.6 is 7.82 Å². The van der Waals surface area contributed by atoms with Crippen LogP contribution in [-0.2, 0) is 13.6 Å². The van der Waals surface area contributed by atoms with Crippen molar-refractivity contribution in [1.29, 1.82) is 0 Å². The predicted octanol–water partition coefficient (Wildman–Crippen LogP) is 4.08. The molecule has 0 amide bonds. The fourth-order valence-electron chi connectivity index (χ4n) is 1.82. The van der Waals surface area contributed by atoms with Crippen molar-refractivity contribution in [3.05, 3.63) is 0 Å². The number of hydrogen-bond acceptors (Lipinski definition) is 3. The van der Waals surface area contributed by atoms with E-state index in [0.29, 0.717) is 12.8 Å². The minimum absolute atomic E-state index is 0.517. The van der Waals surface area contributed by atoms with Crippen molar-refractivity contribution < 1.29 is 31.7 Å². The SMILES string of the molecule is CCCC(C)(CCC)OP(=O)(O)OCC(F)C(F)F. The fraction of sp³-hybridized carbons (Fsp3) is 1.00. The van der Waals surface area contributed by atoms with Crippen molar-refractivity contribution in [2.45, 2.75) is 64.7 Å². The molecule has 0 spiro atoms. The Morgan fingerprint density at radius 1 is 1.21 bits per heavy atom. The first-order valence-corrected chi connectivity index (χ1v) is 7.75. The summed E-state index contributed by atoms with van der Waals surface area (Å²) in [6.45, 7) is 4.25. The summed E-state index contributed by atoms with van der Waals surface area (Å²) in [5.41, 5.74) is -0.885. The molecule has 0 aliphatic carbocycles. The van der Waals surface area contributed by atoms with Crippen LogP contribution in [0.25, 0.3) is 0 Å². The van der Waals surface area contributed by atoms with Gasteiger partial charge in [-0.25, -0.2) is 17.7 Å². The normalized spacial score (nSPS) is 17.5. The maximum absolute atomic E-state index is 12.6. The summed E-state index contributed by atoms with van der Waals surface area (Å²) in [5, 5.41) is 0. The molecule has 0 radical (unpaired) electrons. The molecule has 0 saturated carbocycles. The molecule has 0 aromatic carbocycles. The van der Waals surface area contributed by atoms with E-state index in [2.05, 4.69) is 4.52 Å². The van der Waals surface area contributed by atoms with Crippen molar-refractivity contribution >= 4 is 7.82 Å². The minimum Gasteiger partial charge on any atom is -0.302 e. The Labute approximate surface area is 111 Å². The van der Waals surface area contributed by atoms with Gasteiger partial charge < -0.3 is 4.89 Å². The van der Waals surface area contributed by atoms with Gasteiger partial charge >= 0.3 is 7.82 Å². The van der Waals surface area contributed by atoms with E-state index in [9.17, 15) is 22.6 Å². The summed E-state index contributed by atoms with van der Waals surface area (Å²) in [5.74, 6) is 0. The molecule has 0 rings (SSSR count). The van der Waals surface area contributed by atoms with Crippen molar-refractivity contribution in [2.75, 3.05) is 6.61 Å². The highest BCUT2D eigenvalue weighted by Crippen LogP contribution is 2.49. The lowest BCUT2D eigenvalue weighted by Crippen LogP contribution is -2.28. The molecule has 116 valence electrons. The van der Waals surface area contributed by atoms with E-state index in [1.165, 1.54) is 0 Å². The summed E-state index contributed by atoms with van der Waals surface area (Å²) in [6, 6.07) is 0. The molecule has 2 unspecified atom stereocenters.